The molecule has 1 atom stereocenters. The maximum absolute atomic E-state index is 6.14. The molecule has 3 heteroatoms. The Morgan fingerprint density at radius 3 is 2.41 bits per heavy atom. The van der Waals surface area contributed by atoms with Gasteiger partial charge < -0.3 is 10.5 Å². The van der Waals surface area contributed by atoms with Crippen molar-refractivity contribution < 1.29 is 4.74 Å². The molecule has 0 heterocycles. The van der Waals surface area contributed by atoms with Crippen LogP contribution in [0.25, 0.3) is 0 Å². The van der Waals surface area contributed by atoms with Crippen molar-refractivity contribution in [1.29, 1.82) is 0 Å². The van der Waals surface area contributed by atoms with Gasteiger partial charge in [0, 0.05) is 17.6 Å². The predicted octanol–water partition coefficient (Wildman–Crippen LogP) is 3.52. The summed E-state index contributed by atoms with van der Waals surface area (Å²) < 4.78 is 6.50. The maximum Gasteiger partial charge on any atom is 0.0623 e. The molecular weight excluding hydrogens is 278 g/mol. The number of rotatable bonds is 6. The maximum atomic E-state index is 6.14. The summed E-state index contributed by atoms with van der Waals surface area (Å²) in [6, 6.07) is 8.55. The van der Waals surface area contributed by atoms with Crippen LogP contribution < -0.4 is 5.73 Å². The molecule has 0 bridgehead atoms. The molecule has 0 aliphatic rings. The van der Waals surface area contributed by atoms with Gasteiger partial charge in [-0.1, -0.05) is 28.1 Å². The molecule has 1 unspecified atom stereocenters. The van der Waals surface area contributed by atoms with Crippen molar-refractivity contribution in [3.8, 4) is 0 Å². The van der Waals surface area contributed by atoms with Gasteiger partial charge in [0.1, 0.15) is 0 Å². The topological polar surface area (TPSA) is 35.2 Å². The van der Waals surface area contributed by atoms with Gasteiger partial charge in [-0.3, -0.25) is 0 Å². The highest BCUT2D eigenvalue weighted by Crippen LogP contribution is 2.18. The summed E-state index contributed by atoms with van der Waals surface area (Å²) in [6.07, 6.45) is 2.89. The Balaban J connectivity index is 2.39. The molecule has 1 rings (SSSR count). The summed E-state index contributed by atoms with van der Waals surface area (Å²) in [4.78, 5) is 0. The second kappa shape index (κ2) is 6.53. The molecule has 0 aliphatic heterocycles. The van der Waals surface area contributed by atoms with E-state index in [1.165, 1.54) is 5.56 Å². The van der Waals surface area contributed by atoms with E-state index in [1.807, 2.05) is 0 Å². The highest BCUT2D eigenvalue weighted by molar-refractivity contribution is 9.10. The van der Waals surface area contributed by atoms with Crippen LogP contribution in [0.5, 0.6) is 0 Å². The minimum Gasteiger partial charge on any atom is -0.379 e. The molecule has 0 saturated heterocycles. The van der Waals surface area contributed by atoms with Crippen LogP contribution in [0.15, 0.2) is 28.7 Å². The first-order chi connectivity index (χ1) is 7.93. The van der Waals surface area contributed by atoms with E-state index < -0.39 is 0 Å². The SMILES string of the molecule is COC(C)(C)CCC(N)Cc1ccc(Br)cc1. The Bertz CT molecular complexity index is 335. The van der Waals surface area contributed by atoms with E-state index in [2.05, 4.69) is 54.0 Å². The van der Waals surface area contributed by atoms with Crippen LogP contribution in [0.2, 0.25) is 0 Å². The summed E-state index contributed by atoms with van der Waals surface area (Å²) in [6.45, 7) is 4.19. The smallest absolute Gasteiger partial charge is 0.0623 e. The molecule has 17 heavy (non-hydrogen) atoms. The van der Waals surface area contributed by atoms with Crippen molar-refractivity contribution in [2.24, 2.45) is 5.73 Å². The van der Waals surface area contributed by atoms with Crippen molar-refractivity contribution in [3.63, 3.8) is 0 Å². The zero-order valence-corrected chi connectivity index (χ0v) is 12.5. The fraction of sp³-hybridized carbons (Fsp3) is 0.571. The third-order valence-electron chi connectivity index (χ3n) is 3.08. The lowest BCUT2D eigenvalue weighted by Gasteiger charge is -2.24. The predicted molar refractivity (Wildman–Crippen MR) is 76.1 cm³/mol. The fourth-order valence-electron chi connectivity index (χ4n) is 1.66. The highest BCUT2D eigenvalue weighted by Gasteiger charge is 2.17. The summed E-state index contributed by atoms with van der Waals surface area (Å²) >= 11 is 3.43. The van der Waals surface area contributed by atoms with Crippen molar-refractivity contribution in [2.75, 3.05) is 7.11 Å². The number of ether oxygens (including phenoxy) is 1. The first-order valence-corrected chi connectivity index (χ1v) is 6.77. The molecule has 0 spiro atoms. The van der Waals surface area contributed by atoms with Crippen LogP contribution in [-0.4, -0.2) is 18.8 Å². The molecule has 1 aromatic rings. The Labute approximate surface area is 113 Å². The lowest BCUT2D eigenvalue weighted by Crippen LogP contribution is -2.29. The lowest BCUT2D eigenvalue weighted by molar-refractivity contribution is 0.0125. The molecule has 0 aliphatic carbocycles. The minimum atomic E-state index is -0.0721. The average molecular weight is 300 g/mol. The van der Waals surface area contributed by atoms with E-state index in [1.54, 1.807) is 7.11 Å². The second-order valence-corrected chi connectivity index (χ2v) is 6.01. The van der Waals surface area contributed by atoms with Gasteiger partial charge in [-0.15, -0.1) is 0 Å². The van der Waals surface area contributed by atoms with Gasteiger partial charge in [0.15, 0.2) is 0 Å². The molecule has 2 nitrogen and oxygen atoms in total. The van der Waals surface area contributed by atoms with Crippen molar-refractivity contribution in [3.05, 3.63) is 34.3 Å². The van der Waals surface area contributed by atoms with E-state index in [0.717, 1.165) is 23.7 Å². The zero-order valence-electron chi connectivity index (χ0n) is 10.9. The molecule has 0 saturated carbocycles. The molecule has 1 aromatic carbocycles. The molecule has 2 N–H and O–H groups in total. The van der Waals surface area contributed by atoms with Gasteiger partial charge in [-0.05, 0) is 50.8 Å². The summed E-state index contributed by atoms with van der Waals surface area (Å²) in [5, 5.41) is 0. The van der Waals surface area contributed by atoms with Crippen LogP contribution in [0.4, 0.5) is 0 Å². The van der Waals surface area contributed by atoms with E-state index in [0.29, 0.717) is 0 Å². The summed E-state index contributed by atoms with van der Waals surface area (Å²) in [7, 11) is 1.75. The Morgan fingerprint density at radius 2 is 1.88 bits per heavy atom. The largest absolute Gasteiger partial charge is 0.379 e. The quantitative estimate of drug-likeness (QED) is 0.872. The standard InChI is InChI=1S/C14H22BrNO/c1-14(2,17-3)9-8-13(16)10-11-4-6-12(15)7-5-11/h4-7,13H,8-10,16H2,1-3H3. The van der Waals surface area contributed by atoms with Crippen LogP contribution in [0.1, 0.15) is 32.3 Å². The highest BCUT2D eigenvalue weighted by atomic mass is 79.9. The van der Waals surface area contributed by atoms with Gasteiger partial charge in [-0.25, -0.2) is 0 Å². The molecule has 0 amide bonds. The van der Waals surface area contributed by atoms with Crippen LogP contribution >= 0.6 is 15.9 Å². The Hall–Kier alpha value is -0.380. The average Bonchev–Trinajstić information content (AvgIpc) is 2.30. The van der Waals surface area contributed by atoms with Gasteiger partial charge in [0.2, 0.25) is 0 Å². The summed E-state index contributed by atoms with van der Waals surface area (Å²) in [5.74, 6) is 0. The first kappa shape index (κ1) is 14.7. The third-order valence-corrected chi connectivity index (χ3v) is 3.61. The van der Waals surface area contributed by atoms with Crippen LogP contribution in [0.3, 0.4) is 0 Å². The van der Waals surface area contributed by atoms with Gasteiger partial charge in [0.05, 0.1) is 5.60 Å². The van der Waals surface area contributed by atoms with E-state index >= 15 is 0 Å². The lowest BCUT2D eigenvalue weighted by atomic mass is 9.96. The van der Waals surface area contributed by atoms with E-state index in [4.69, 9.17) is 10.5 Å². The van der Waals surface area contributed by atoms with Gasteiger partial charge in [0.25, 0.3) is 0 Å². The van der Waals surface area contributed by atoms with E-state index in [-0.39, 0.29) is 11.6 Å². The molecular formula is C14H22BrNO. The second-order valence-electron chi connectivity index (χ2n) is 5.09. The molecule has 0 aromatic heterocycles. The molecule has 0 fully saturated rings. The minimum absolute atomic E-state index is 0.0721. The van der Waals surface area contributed by atoms with Crippen LogP contribution in [0, 0.1) is 0 Å². The number of hydrogen-bond donors (Lipinski definition) is 1. The number of hydrogen-bond acceptors (Lipinski definition) is 2. The van der Waals surface area contributed by atoms with Gasteiger partial charge in [-0.2, -0.15) is 0 Å². The number of nitrogens with two attached hydrogens (primary N) is 1. The van der Waals surface area contributed by atoms with Crippen molar-refractivity contribution in [2.45, 2.75) is 44.8 Å². The number of halogens is 1. The van der Waals surface area contributed by atoms with Crippen molar-refractivity contribution >= 4 is 15.9 Å². The molecule has 96 valence electrons. The first-order valence-electron chi connectivity index (χ1n) is 5.98. The molecule has 0 radical (unpaired) electrons. The van der Waals surface area contributed by atoms with E-state index in [9.17, 15) is 0 Å². The van der Waals surface area contributed by atoms with Crippen molar-refractivity contribution in [1.82, 2.24) is 0 Å². The number of benzene rings is 1. The fourth-order valence-corrected chi connectivity index (χ4v) is 1.92. The Kier molecular flexibility index (Phi) is 5.63. The Morgan fingerprint density at radius 1 is 1.29 bits per heavy atom. The third kappa shape index (κ3) is 5.66. The van der Waals surface area contributed by atoms with Crippen LogP contribution in [-0.2, 0) is 11.2 Å². The number of methoxy groups -OCH3 is 1. The normalized spacial score (nSPS) is 13.7. The zero-order chi connectivity index (χ0) is 12.9. The van der Waals surface area contributed by atoms with Gasteiger partial charge >= 0.3 is 0 Å². The summed E-state index contributed by atoms with van der Waals surface area (Å²) in [5.41, 5.74) is 7.35. The monoisotopic (exact) mass is 299 g/mol.